The number of amides is 3. The van der Waals surface area contributed by atoms with Crippen LogP contribution in [0.4, 0.5) is 0 Å². The number of fused-ring (bicyclic) bond motifs is 7. The Labute approximate surface area is 229 Å². The predicted octanol–water partition coefficient (Wildman–Crippen LogP) is 4.79. The van der Waals surface area contributed by atoms with Crippen LogP contribution in [0.15, 0.2) is 60.2 Å². The molecule has 0 fully saturated rings. The van der Waals surface area contributed by atoms with Crippen LogP contribution in [0.2, 0.25) is 0 Å². The topological polar surface area (TPSA) is 94.3 Å². The lowest BCUT2D eigenvalue weighted by atomic mass is 9.89. The lowest BCUT2D eigenvalue weighted by Crippen LogP contribution is -2.57. The van der Waals surface area contributed by atoms with E-state index >= 15 is 0 Å². The first-order valence-electron chi connectivity index (χ1n) is 14.2. The number of allylic oxidation sites excluding steroid dienone is 1. The van der Waals surface area contributed by atoms with Crippen molar-refractivity contribution in [2.45, 2.75) is 70.5 Å². The number of hydrogen-bond acceptors (Lipinski definition) is 3. The van der Waals surface area contributed by atoms with Crippen molar-refractivity contribution < 1.29 is 14.4 Å². The fraction of sp³-hybridized carbons (Fsp3) is 0.406. The summed E-state index contributed by atoms with van der Waals surface area (Å²) < 4.78 is 0. The number of para-hydroxylation sites is 1. The van der Waals surface area contributed by atoms with Crippen LogP contribution in [-0.2, 0) is 16.0 Å². The highest BCUT2D eigenvalue weighted by Crippen LogP contribution is 2.46. The molecule has 0 saturated heterocycles. The fourth-order valence-electron chi connectivity index (χ4n) is 6.51. The van der Waals surface area contributed by atoms with Crippen molar-refractivity contribution in [1.29, 1.82) is 0 Å². The molecular weight excluding hydrogens is 488 g/mol. The third kappa shape index (κ3) is 4.54. The molecule has 0 bridgehead atoms. The highest BCUT2D eigenvalue weighted by Gasteiger charge is 2.49. The van der Waals surface area contributed by atoms with Crippen LogP contribution in [0.3, 0.4) is 0 Å². The lowest BCUT2D eigenvalue weighted by Gasteiger charge is -2.38. The molecule has 0 saturated carbocycles. The largest absolute Gasteiger partial charge is 0.356 e. The van der Waals surface area contributed by atoms with Gasteiger partial charge in [-0.25, -0.2) is 0 Å². The second-order valence-corrected chi connectivity index (χ2v) is 11.4. The number of aromatic amines is 1. The van der Waals surface area contributed by atoms with Crippen molar-refractivity contribution in [3.8, 4) is 0 Å². The zero-order valence-electron chi connectivity index (χ0n) is 22.6. The number of benzene rings is 2. The molecule has 39 heavy (non-hydrogen) atoms. The molecule has 3 amide bonds. The van der Waals surface area contributed by atoms with Crippen molar-refractivity contribution in [2.75, 3.05) is 6.54 Å². The second kappa shape index (κ2) is 10.4. The summed E-state index contributed by atoms with van der Waals surface area (Å²) in [7, 11) is 0. The molecule has 7 heteroatoms. The van der Waals surface area contributed by atoms with Gasteiger partial charge < -0.3 is 20.5 Å². The molecule has 0 spiro atoms. The zero-order valence-corrected chi connectivity index (χ0v) is 22.6. The number of aromatic nitrogens is 1. The van der Waals surface area contributed by atoms with Gasteiger partial charge in [-0.2, -0.15) is 0 Å². The van der Waals surface area contributed by atoms with Crippen LogP contribution in [0.1, 0.15) is 79.2 Å². The zero-order chi connectivity index (χ0) is 27.1. The van der Waals surface area contributed by atoms with Gasteiger partial charge >= 0.3 is 0 Å². The van der Waals surface area contributed by atoms with Crippen LogP contribution >= 0.6 is 0 Å². The Morgan fingerprint density at radius 1 is 1.08 bits per heavy atom. The number of H-pyrrole nitrogens is 1. The first-order chi connectivity index (χ1) is 18.9. The molecule has 3 atom stereocenters. The van der Waals surface area contributed by atoms with Gasteiger partial charge in [0.15, 0.2) is 0 Å². The molecule has 3 N–H and O–H groups in total. The Morgan fingerprint density at radius 2 is 1.87 bits per heavy atom. The van der Waals surface area contributed by atoms with E-state index in [1.807, 2.05) is 56.3 Å². The average Bonchev–Trinajstić information content (AvgIpc) is 3.47. The van der Waals surface area contributed by atoms with Gasteiger partial charge in [0.25, 0.3) is 5.91 Å². The van der Waals surface area contributed by atoms with Gasteiger partial charge in [0.2, 0.25) is 11.8 Å². The maximum Gasteiger partial charge on any atom is 0.255 e. The molecule has 7 nitrogen and oxygen atoms in total. The van der Waals surface area contributed by atoms with E-state index in [-0.39, 0.29) is 29.7 Å². The van der Waals surface area contributed by atoms with Crippen molar-refractivity contribution >= 4 is 28.6 Å². The molecule has 1 aromatic heterocycles. The number of hydrogen-bond donors (Lipinski definition) is 3. The van der Waals surface area contributed by atoms with Crippen LogP contribution in [0.25, 0.3) is 10.9 Å². The quantitative estimate of drug-likeness (QED) is 0.388. The summed E-state index contributed by atoms with van der Waals surface area (Å²) in [4.78, 5) is 46.1. The van der Waals surface area contributed by atoms with Crippen molar-refractivity contribution in [3.05, 3.63) is 82.6 Å². The smallest absolute Gasteiger partial charge is 0.255 e. The highest BCUT2D eigenvalue weighted by molar-refractivity contribution is 6.04. The van der Waals surface area contributed by atoms with E-state index in [1.54, 1.807) is 4.90 Å². The van der Waals surface area contributed by atoms with Crippen molar-refractivity contribution in [3.63, 3.8) is 0 Å². The summed E-state index contributed by atoms with van der Waals surface area (Å²) in [6.07, 6.45) is 8.20. The van der Waals surface area contributed by atoms with E-state index in [9.17, 15) is 14.4 Å². The van der Waals surface area contributed by atoms with E-state index < -0.39 is 12.1 Å². The second-order valence-electron chi connectivity index (χ2n) is 11.4. The molecular formula is C32H36N4O3. The Hall–Kier alpha value is -3.87. The highest BCUT2D eigenvalue weighted by atomic mass is 16.2. The Morgan fingerprint density at radius 3 is 2.67 bits per heavy atom. The molecule has 202 valence electrons. The van der Waals surface area contributed by atoms with Gasteiger partial charge in [0.05, 0.1) is 6.04 Å². The summed E-state index contributed by atoms with van der Waals surface area (Å²) in [5.41, 5.74) is 5.95. The fourth-order valence-corrected chi connectivity index (χ4v) is 6.51. The molecule has 6 rings (SSSR count). The van der Waals surface area contributed by atoms with Gasteiger partial charge in [-0.1, -0.05) is 61.9 Å². The average molecular weight is 525 g/mol. The summed E-state index contributed by atoms with van der Waals surface area (Å²) in [5, 5.41) is 7.15. The first-order valence-corrected chi connectivity index (χ1v) is 14.2. The van der Waals surface area contributed by atoms with E-state index in [1.165, 1.54) is 18.4 Å². The third-order valence-electron chi connectivity index (χ3n) is 8.53. The molecule has 2 aliphatic heterocycles. The minimum atomic E-state index is -0.719. The van der Waals surface area contributed by atoms with Gasteiger partial charge in [-0.05, 0) is 61.3 Å². The molecule has 3 heterocycles. The summed E-state index contributed by atoms with van der Waals surface area (Å²) >= 11 is 0. The van der Waals surface area contributed by atoms with Crippen LogP contribution < -0.4 is 10.6 Å². The standard InChI is InChI=1S/C32H36N4O3/c1-19(2)27(31(38)33-17-16-20-10-4-3-5-11-20)35-30(37)26-18-24-21-12-8-9-15-25(21)34-28(24)29-22-13-6-7-14-23(22)32(39)36(26)29/h6-10,12-15,19,26-27,29,34H,3-5,11,16-18H2,1-2H3,(H,33,38)(H,35,37)/t26-,27-,29-/m0/s1. The maximum atomic E-state index is 13.9. The molecule has 3 aromatic rings. The van der Waals surface area contributed by atoms with Crippen LogP contribution in [0.5, 0.6) is 0 Å². The number of carbonyl (C=O) groups is 3. The van der Waals surface area contributed by atoms with Crippen LogP contribution in [-0.4, -0.2) is 46.2 Å². The number of nitrogens with zero attached hydrogens (tertiary/aromatic N) is 1. The summed E-state index contributed by atoms with van der Waals surface area (Å²) in [6, 6.07) is 13.9. The van der Waals surface area contributed by atoms with Crippen molar-refractivity contribution in [1.82, 2.24) is 20.5 Å². The van der Waals surface area contributed by atoms with E-state index in [2.05, 4.69) is 27.8 Å². The van der Waals surface area contributed by atoms with E-state index in [0.717, 1.165) is 47.0 Å². The number of nitrogens with one attached hydrogen (secondary N) is 3. The monoisotopic (exact) mass is 524 g/mol. The van der Waals surface area contributed by atoms with E-state index in [0.29, 0.717) is 18.5 Å². The van der Waals surface area contributed by atoms with Gasteiger partial charge in [0, 0.05) is 35.1 Å². The summed E-state index contributed by atoms with van der Waals surface area (Å²) in [5.74, 6) is -0.712. The Bertz CT molecular complexity index is 1470. The van der Waals surface area contributed by atoms with E-state index in [4.69, 9.17) is 0 Å². The minimum absolute atomic E-state index is 0.0997. The first kappa shape index (κ1) is 25.4. The summed E-state index contributed by atoms with van der Waals surface area (Å²) in [6.45, 7) is 4.44. The van der Waals surface area contributed by atoms with Crippen molar-refractivity contribution in [2.24, 2.45) is 5.92 Å². The molecule has 0 radical (unpaired) electrons. The molecule has 2 aromatic carbocycles. The SMILES string of the molecule is CC(C)[C@H](NC(=O)[C@@H]1Cc2c([nH]c3ccccc23)[C@@H]2c3ccccc3C(=O)N21)C(=O)NCCC1=CCCCC1. The third-order valence-corrected chi connectivity index (χ3v) is 8.53. The molecule has 3 aliphatic rings. The number of rotatable bonds is 7. The van der Waals surface area contributed by atoms with Gasteiger partial charge in [-0.15, -0.1) is 0 Å². The normalized spacial score (nSPS) is 20.7. The van der Waals surface area contributed by atoms with Crippen LogP contribution in [0, 0.1) is 5.92 Å². The molecule has 1 aliphatic carbocycles. The molecule has 0 unspecified atom stereocenters. The van der Waals surface area contributed by atoms with Gasteiger partial charge in [-0.3, -0.25) is 14.4 Å². The Kier molecular flexibility index (Phi) is 6.75. The minimum Gasteiger partial charge on any atom is -0.356 e. The number of carbonyl (C=O) groups excluding carboxylic acids is 3. The maximum absolute atomic E-state index is 13.9. The van der Waals surface area contributed by atoms with Gasteiger partial charge in [0.1, 0.15) is 12.1 Å². The lowest BCUT2D eigenvalue weighted by molar-refractivity contribution is -0.132. The predicted molar refractivity (Wildman–Crippen MR) is 151 cm³/mol. The Balaban J connectivity index is 1.26.